The van der Waals surface area contributed by atoms with Crippen LogP contribution in [0.25, 0.3) is 0 Å². The number of alkyl halides is 1. The first-order valence-electron chi connectivity index (χ1n) is 2.68. The Morgan fingerprint density at radius 3 is 2.88 bits per heavy atom. The van der Waals surface area contributed by atoms with Crippen LogP contribution in [0.15, 0.2) is 0 Å². The largest absolute Gasteiger partial charge is 0.356 e. The van der Waals surface area contributed by atoms with Crippen LogP contribution in [-0.4, -0.2) is 17.8 Å². The average Bonchev–Trinajstić information content (AvgIpc) is 2.14. The Morgan fingerprint density at radius 1 is 1.88 bits per heavy atom. The van der Waals surface area contributed by atoms with Gasteiger partial charge in [0.25, 0.3) is 0 Å². The van der Waals surface area contributed by atoms with Gasteiger partial charge in [0.2, 0.25) is 5.91 Å². The molecule has 0 aliphatic carbocycles. The fourth-order valence-electron chi connectivity index (χ4n) is 0.792. The lowest BCUT2D eigenvalue weighted by molar-refractivity contribution is -0.121. The van der Waals surface area contributed by atoms with Gasteiger partial charge >= 0.3 is 0 Å². The molecule has 0 unspecified atom stereocenters. The third-order valence-corrected chi connectivity index (χ3v) is 2.13. The third-order valence-electron chi connectivity index (χ3n) is 1.35. The molecule has 0 bridgehead atoms. The van der Waals surface area contributed by atoms with Crippen LogP contribution in [0.3, 0.4) is 0 Å². The second kappa shape index (κ2) is 2.49. The van der Waals surface area contributed by atoms with Crippen molar-refractivity contribution in [1.82, 2.24) is 5.32 Å². The van der Waals surface area contributed by atoms with E-state index < -0.39 is 0 Å². The number of rotatable bonds is 1. The molecule has 8 heavy (non-hydrogen) atoms. The molecular weight excluding hydrogens is 170 g/mol. The number of carbonyl (C=O) groups is 1. The van der Waals surface area contributed by atoms with Gasteiger partial charge in [-0.25, -0.2) is 0 Å². The zero-order valence-corrected chi connectivity index (χ0v) is 6.07. The maximum atomic E-state index is 10.7. The first-order valence-corrected chi connectivity index (χ1v) is 3.80. The zero-order chi connectivity index (χ0) is 5.98. The summed E-state index contributed by atoms with van der Waals surface area (Å²) >= 11 is 3.26. The van der Waals surface area contributed by atoms with Crippen LogP contribution >= 0.6 is 15.9 Å². The van der Waals surface area contributed by atoms with E-state index in [1.165, 1.54) is 0 Å². The van der Waals surface area contributed by atoms with Gasteiger partial charge in [-0.3, -0.25) is 4.79 Å². The minimum absolute atomic E-state index is 0.196. The van der Waals surface area contributed by atoms with Gasteiger partial charge in [-0.2, -0.15) is 0 Å². The summed E-state index contributed by atoms with van der Waals surface area (Å²) in [6, 6.07) is 0. The summed E-state index contributed by atoms with van der Waals surface area (Å²) in [5, 5.41) is 3.56. The molecule has 0 saturated carbocycles. The number of amides is 1. The molecule has 0 aromatic carbocycles. The summed E-state index contributed by atoms with van der Waals surface area (Å²) in [5.74, 6) is 0.428. The van der Waals surface area contributed by atoms with Crippen molar-refractivity contribution in [3.05, 3.63) is 0 Å². The molecule has 1 atom stereocenters. The summed E-state index contributed by atoms with van der Waals surface area (Å²) < 4.78 is 0. The molecule has 1 saturated heterocycles. The third kappa shape index (κ3) is 1.02. The van der Waals surface area contributed by atoms with Crippen LogP contribution in [0.1, 0.15) is 6.42 Å². The SMILES string of the molecule is O=C1NCC[C@H]1CBr. The average molecular weight is 178 g/mol. The fourth-order valence-corrected chi connectivity index (χ4v) is 1.41. The van der Waals surface area contributed by atoms with Gasteiger partial charge in [0.15, 0.2) is 0 Å². The maximum Gasteiger partial charge on any atom is 0.224 e. The van der Waals surface area contributed by atoms with Gasteiger partial charge < -0.3 is 5.32 Å². The zero-order valence-electron chi connectivity index (χ0n) is 4.48. The van der Waals surface area contributed by atoms with Gasteiger partial charge in [0, 0.05) is 17.8 Å². The van der Waals surface area contributed by atoms with Gasteiger partial charge in [-0.05, 0) is 6.42 Å². The van der Waals surface area contributed by atoms with Gasteiger partial charge in [0.1, 0.15) is 0 Å². The van der Waals surface area contributed by atoms with Crippen LogP contribution in [0.4, 0.5) is 0 Å². The molecule has 2 nitrogen and oxygen atoms in total. The fraction of sp³-hybridized carbons (Fsp3) is 0.800. The van der Waals surface area contributed by atoms with Crippen molar-refractivity contribution in [2.45, 2.75) is 6.42 Å². The van der Waals surface area contributed by atoms with E-state index in [1.807, 2.05) is 0 Å². The minimum atomic E-state index is 0.196. The van der Waals surface area contributed by atoms with Crippen molar-refractivity contribution in [3.63, 3.8) is 0 Å². The van der Waals surface area contributed by atoms with Gasteiger partial charge in [-0.1, -0.05) is 15.9 Å². The Labute approximate surface area is 56.8 Å². The molecule has 1 fully saturated rings. The number of hydrogen-bond acceptors (Lipinski definition) is 1. The van der Waals surface area contributed by atoms with E-state index in [-0.39, 0.29) is 11.8 Å². The van der Waals surface area contributed by atoms with Crippen LogP contribution in [0.5, 0.6) is 0 Å². The first kappa shape index (κ1) is 6.08. The predicted octanol–water partition coefficient (Wildman–Crippen LogP) is 0.517. The number of halogens is 1. The van der Waals surface area contributed by atoms with Crippen molar-refractivity contribution in [3.8, 4) is 0 Å². The lowest BCUT2D eigenvalue weighted by Crippen LogP contribution is -2.19. The van der Waals surface area contributed by atoms with Crippen LogP contribution < -0.4 is 5.32 Å². The highest BCUT2D eigenvalue weighted by atomic mass is 79.9. The first-order chi connectivity index (χ1) is 3.84. The van der Waals surface area contributed by atoms with E-state index in [2.05, 4.69) is 21.2 Å². The molecule has 1 aliphatic rings. The van der Waals surface area contributed by atoms with Crippen LogP contribution in [-0.2, 0) is 4.79 Å². The molecule has 1 heterocycles. The molecule has 3 heteroatoms. The Kier molecular flexibility index (Phi) is 1.89. The van der Waals surface area contributed by atoms with Crippen molar-refractivity contribution >= 4 is 21.8 Å². The molecule has 0 aromatic heterocycles. The second-order valence-electron chi connectivity index (χ2n) is 1.93. The molecule has 0 radical (unpaired) electrons. The molecule has 1 N–H and O–H groups in total. The number of nitrogens with one attached hydrogen (secondary N) is 1. The molecule has 1 aliphatic heterocycles. The van der Waals surface area contributed by atoms with E-state index >= 15 is 0 Å². The molecular formula is C5H8BrNO. The Bertz CT molecular complexity index is 105. The van der Waals surface area contributed by atoms with E-state index in [4.69, 9.17) is 0 Å². The van der Waals surface area contributed by atoms with E-state index in [9.17, 15) is 4.79 Å². The summed E-state index contributed by atoms with van der Waals surface area (Å²) in [7, 11) is 0. The smallest absolute Gasteiger partial charge is 0.224 e. The van der Waals surface area contributed by atoms with Crippen molar-refractivity contribution < 1.29 is 4.79 Å². The molecule has 0 spiro atoms. The van der Waals surface area contributed by atoms with Crippen molar-refractivity contribution in [2.24, 2.45) is 5.92 Å². The summed E-state index contributed by atoms with van der Waals surface area (Å²) in [6.07, 6.45) is 0.990. The number of hydrogen-bond donors (Lipinski definition) is 1. The number of carbonyl (C=O) groups excluding carboxylic acids is 1. The van der Waals surface area contributed by atoms with E-state index in [0.29, 0.717) is 0 Å². The monoisotopic (exact) mass is 177 g/mol. The van der Waals surface area contributed by atoms with Gasteiger partial charge in [-0.15, -0.1) is 0 Å². The minimum Gasteiger partial charge on any atom is -0.356 e. The molecule has 0 aromatic rings. The Balaban J connectivity index is 2.42. The highest BCUT2D eigenvalue weighted by Gasteiger charge is 2.21. The molecule has 46 valence electrons. The predicted molar refractivity (Wildman–Crippen MR) is 34.9 cm³/mol. The van der Waals surface area contributed by atoms with Crippen molar-refractivity contribution in [1.29, 1.82) is 0 Å². The maximum absolute atomic E-state index is 10.7. The highest BCUT2D eigenvalue weighted by Crippen LogP contribution is 2.10. The van der Waals surface area contributed by atoms with E-state index in [1.54, 1.807) is 0 Å². The Morgan fingerprint density at radius 2 is 2.62 bits per heavy atom. The van der Waals surface area contributed by atoms with Crippen LogP contribution in [0, 0.1) is 5.92 Å². The molecule has 1 amide bonds. The normalized spacial score (nSPS) is 28.1. The highest BCUT2D eigenvalue weighted by molar-refractivity contribution is 9.09. The standard InChI is InChI=1S/C5H8BrNO/c6-3-4-1-2-7-5(4)8/h4H,1-3H2,(H,7,8)/t4-/m0/s1. The summed E-state index contributed by atoms with van der Waals surface area (Å²) in [4.78, 5) is 10.7. The summed E-state index contributed by atoms with van der Waals surface area (Å²) in [5.41, 5.74) is 0. The lowest BCUT2D eigenvalue weighted by atomic mass is 10.1. The quantitative estimate of drug-likeness (QED) is 0.582. The van der Waals surface area contributed by atoms with Crippen LogP contribution in [0.2, 0.25) is 0 Å². The lowest BCUT2D eigenvalue weighted by Gasteiger charge is -1.96. The van der Waals surface area contributed by atoms with Crippen molar-refractivity contribution in [2.75, 3.05) is 11.9 Å². The van der Waals surface area contributed by atoms with E-state index in [0.717, 1.165) is 18.3 Å². The van der Waals surface area contributed by atoms with Gasteiger partial charge in [0.05, 0.1) is 0 Å². The Hall–Kier alpha value is -0.0500. The summed E-state index contributed by atoms with van der Waals surface area (Å²) in [6.45, 7) is 0.856. The molecule has 1 rings (SSSR count). The second-order valence-corrected chi connectivity index (χ2v) is 2.58. The topological polar surface area (TPSA) is 29.1 Å².